The van der Waals surface area contributed by atoms with Crippen molar-refractivity contribution in [1.82, 2.24) is 18.7 Å². The number of aromatic nitrogens is 3. The second-order valence-corrected chi connectivity index (χ2v) is 7.42. The Morgan fingerprint density at radius 2 is 2.23 bits per heavy atom. The van der Waals surface area contributed by atoms with Crippen molar-refractivity contribution < 1.29 is 4.79 Å². The van der Waals surface area contributed by atoms with Crippen LogP contribution in [0.3, 0.4) is 0 Å². The van der Waals surface area contributed by atoms with E-state index >= 15 is 0 Å². The molecule has 1 fully saturated rings. The second kappa shape index (κ2) is 6.21. The van der Waals surface area contributed by atoms with Crippen LogP contribution in [0.15, 0.2) is 60.3 Å². The number of hydrogen-bond donors (Lipinski definition) is 0. The van der Waals surface area contributed by atoms with E-state index in [0.29, 0.717) is 6.54 Å². The molecule has 0 bridgehead atoms. The van der Waals surface area contributed by atoms with Gasteiger partial charge in [-0.05, 0) is 35.3 Å². The van der Waals surface area contributed by atoms with Crippen molar-refractivity contribution >= 4 is 28.7 Å². The number of rotatable bonds is 4. The smallest absolute Gasteiger partial charge is 0.230 e. The zero-order chi connectivity index (χ0) is 17.5. The predicted octanol–water partition coefficient (Wildman–Crippen LogP) is 3.06. The molecule has 2 atom stereocenters. The highest BCUT2D eigenvalue weighted by molar-refractivity contribution is 7.03. The van der Waals surface area contributed by atoms with E-state index in [0.717, 1.165) is 30.0 Å². The number of carbonyl (C=O) groups excluding carboxylic acids is 1. The number of amides is 1. The maximum atomic E-state index is 12.9. The van der Waals surface area contributed by atoms with E-state index in [1.807, 2.05) is 63.5 Å². The van der Waals surface area contributed by atoms with Gasteiger partial charge in [0.25, 0.3) is 0 Å². The molecule has 0 aromatic carbocycles. The average molecular weight is 362 g/mol. The fourth-order valence-corrected chi connectivity index (χ4v) is 4.46. The molecular formula is C20H18N4OS. The van der Waals surface area contributed by atoms with Gasteiger partial charge in [0.2, 0.25) is 5.91 Å². The van der Waals surface area contributed by atoms with E-state index in [1.54, 1.807) is 0 Å². The summed E-state index contributed by atoms with van der Waals surface area (Å²) >= 11 is 1.45. The molecule has 4 heterocycles. The van der Waals surface area contributed by atoms with Gasteiger partial charge >= 0.3 is 0 Å². The van der Waals surface area contributed by atoms with Gasteiger partial charge in [-0.15, -0.1) is 0 Å². The summed E-state index contributed by atoms with van der Waals surface area (Å²) in [5.74, 6) is 0.365. The van der Waals surface area contributed by atoms with Gasteiger partial charge in [0, 0.05) is 43.2 Å². The maximum Gasteiger partial charge on any atom is 0.230 e. The molecule has 5 nitrogen and oxygen atoms in total. The van der Waals surface area contributed by atoms with E-state index in [9.17, 15) is 4.79 Å². The van der Waals surface area contributed by atoms with Gasteiger partial charge in [-0.1, -0.05) is 24.3 Å². The lowest BCUT2D eigenvalue weighted by Crippen LogP contribution is -2.29. The quantitative estimate of drug-likeness (QED) is 0.717. The van der Waals surface area contributed by atoms with Crippen LogP contribution in [0.5, 0.6) is 0 Å². The summed E-state index contributed by atoms with van der Waals surface area (Å²) in [6.45, 7) is 1.46. The predicted molar refractivity (Wildman–Crippen MR) is 102 cm³/mol. The molecule has 2 unspecified atom stereocenters. The number of fused-ring (bicyclic) bond motifs is 2. The van der Waals surface area contributed by atoms with Crippen molar-refractivity contribution in [1.29, 1.82) is 0 Å². The molecule has 26 heavy (non-hydrogen) atoms. The number of likely N-dealkylation sites (tertiary alicyclic amines) is 1. The summed E-state index contributed by atoms with van der Waals surface area (Å²) in [4.78, 5) is 19.5. The van der Waals surface area contributed by atoms with Crippen LogP contribution in [-0.4, -0.2) is 37.7 Å². The van der Waals surface area contributed by atoms with Gasteiger partial charge in [0.05, 0.1) is 17.3 Å². The first-order valence-corrected chi connectivity index (χ1v) is 9.64. The number of hydrogen-bond acceptors (Lipinski definition) is 4. The van der Waals surface area contributed by atoms with Crippen molar-refractivity contribution in [2.24, 2.45) is 11.8 Å². The number of allylic oxidation sites excluding steroid dienone is 2. The topological polar surface area (TPSA) is 50.5 Å². The van der Waals surface area contributed by atoms with Crippen LogP contribution < -0.4 is 0 Å². The number of nitrogens with zero attached hydrogens (tertiary/aromatic N) is 4. The Morgan fingerprint density at radius 3 is 3.08 bits per heavy atom. The van der Waals surface area contributed by atoms with E-state index in [1.165, 1.54) is 17.1 Å². The molecule has 130 valence electrons. The van der Waals surface area contributed by atoms with Crippen LogP contribution in [0.1, 0.15) is 11.4 Å². The van der Waals surface area contributed by atoms with Crippen LogP contribution in [-0.2, 0) is 11.2 Å². The zero-order valence-corrected chi connectivity index (χ0v) is 15.0. The van der Waals surface area contributed by atoms with Crippen molar-refractivity contribution in [3.05, 3.63) is 71.7 Å². The van der Waals surface area contributed by atoms with Crippen LogP contribution in [0.25, 0.3) is 11.2 Å². The Balaban J connectivity index is 1.32. The molecule has 2 aliphatic rings. The molecule has 6 heteroatoms. The largest absolute Gasteiger partial charge is 0.341 e. The Hall–Kier alpha value is -2.73. The molecule has 0 saturated carbocycles. The summed E-state index contributed by atoms with van der Waals surface area (Å²) in [6.07, 6.45) is 11.0. The Morgan fingerprint density at radius 1 is 1.27 bits per heavy atom. The molecule has 0 spiro atoms. The number of carbonyl (C=O) groups is 1. The molecule has 3 aromatic rings. The van der Waals surface area contributed by atoms with Crippen molar-refractivity contribution in [2.45, 2.75) is 6.42 Å². The lowest BCUT2D eigenvalue weighted by Gasteiger charge is -2.19. The third-order valence-electron chi connectivity index (χ3n) is 5.23. The number of imidazole rings is 1. The summed E-state index contributed by atoms with van der Waals surface area (Å²) < 4.78 is 6.49. The molecular weight excluding hydrogens is 344 g/mol. The minimum absolute atomic E-state index is 0.0576. The lowest BCUT2D eigenvalue weighted by molar-refractivity contribution is -0.129. The standard InChI is InChI=1S/C20H18N4OS/c25-20-16-5-3-4-15(18-8-11-26-22-18)17(16)13-24(20)10-7-14-12-23-9-2-1-6-19(23)21-14/h1-6,8-9,11-12,16-17H,7,10,13H2. The van der Waals surface area contributed by atoms with Crippen molar-refractivity contribution in [2.75, 3.05) is 13.1 Å². The van der Waals surface area contributed by atoms with Crippen LogP contribution in [0, 0.1) is 11.8 Å². The molecule has 1 saturated heterocycles. The zero-order valence-electron chi connectivity index (χ0n) is 14.2. The highest BCUT2D eigenvalue weighted by Gasteiger charge is 2.42. The minimum Gasteiger partial charge on any atom is -0.341 e. The molecule has 1 aliphatic carbocycles. The van der Waals surface area contributed by atoms with Gasteiger partial charge in [-0.25, -0.2) is 4.98 Å². The first kappa shape index (κ1) is 15.5. The third-order valence-corrected chi connectivity index (χ3v) is 5.79. The van der Waals surface area contributed by atoms with Gasteiger partial charge in [-0.3, -0.25) is 4.79 Å². The fourth-order valence-electron chi connectivity index (χ4n) is 3.93. The van der Waals surface area contributed by atoms with E-state index in [4.69, 9.17) is 0 Å². The monoisotopic (exact) mass is 362 g/mol. The second-order valence-electron chi connectivity index (χ2n) is 6.76. The molecule has 3 aromatic heterocycles. The molecule has 0 radical (unpaired) electrons. The molecule has 1 aliphatic heterocycles. The molecule has 1 amide bonds. The van der Waals surface area contributed by atoms with E-state index in [-0.39, 0.29) is 17.7 Å². The van der Waals surface area contributed by atoms with Crippen LogP contribution in [0.2, 0.25) is 0 Å². The summed E-state index contributed by atoms with van der Waals surface area (Å²) in [7, 11) is 0. The van der Waals surface area contributed by atoms with Gasteiger partial charge in [0.1, 0.15) is 5.65 Å². The lowest BCUT2D eigenvalue weighted by atomic mass is 9.83. The van der Waals surface area contributed by atoms with Gasteiger partial charge in [-0.2, -0.15) is 4.37 Å². The van der Waals surface area contributed by atoms with Crippen LogP contribution >= 0.6 is 11.5 Å². The Labute approximate surface area is 155 Å². The highest BCUT2D eigenvalue weighted by Crippen LogP contribution is 2.39. The Bertz CT molecular complexity index is 985. The maximum absolute atomic E-state index is 12.9. The minimum atomic E-state index is -0.0576. The van der Waals surface area contributed by atoms with Crippen molar-refractivity contribution in [3.8, 4) is 0 Å². The average Bonchev–Trinajstić information content (AvgIpc) is 3.39. The normalized spacial score (nSPS) is 22.1. The molecule has 0 N–H and O–H groups in total. The summed E-state index contributed by atoms with van der Waals surface area (Å²) in [5.41, 5.74) is 4.15. The Kier molecular flexibility index (Phi) is 3.71. The third kappa shape index (κ3) is 2.57. The number of pyridine rings is 1. The first-order chi connectivity index (χ1) is 12.8. The summed E-state index contributed by atoms with van der Waals surface area (Å²) in [5, 5.41) is 1.99. The van der Waals surface area contributed by atoms with Crippen molar-refractivity contribution in [3.63, 3.8) is 0 Å². The highest BCUT2D eigenvalue weighted by atomic mass is 32.1. The van der Waals surface area contributed by atoms with Crippen LogP contribution in [0.4, 0.5) is 0 Å². The van der Waals surface area contributed by atoms with Gasteiger partial charge < -0.3 is 9.30 Å². The fraction of sp³-hybridized carbons (Fsp3) is 0.250. The van der Waals surface area contributed by atoms with E-state index in [2.05, 4.69) is 15.4 Å². The van der Waals surface area contributed by atoms with Gasteiger partial charge in [0.15, 0.2) is 0 Å². The SMILES string of the molecule is O=C1C2C=CC=C(c3ccsn3)C2CN1CCc1cn2ccccc2n1. The van der Waals surface area contributed by atoms with E-state index < -0.39 is 0 Å². The molecule has 5 rings (SSSR count). The summed E-state index contributed by atoms with van der Waals surface area (Å²) in [6, 6.07) is 8.01. The first-order valence-electron chi connectivity index (χ1n) is 8.80.